The summed E-state index contributed by atoms with van der Waals surface area (Å²) in [4.78, 5) is 26.7. The van der Waals surface area contributed by atoms with E-state index in [9.17, 15) is 9.59 Å². The highest BCUT2D eigenvalue weighted by Crippen LogP contribution is 2.27. The smallest absolute Gasteiger partial charge is 0.274 e. The van der Waals surface area contributed by atoms with Crippen LogP contribution >= 0.6 is 0 Å². The summed E-state index contributed by atoms with van der Waals surface area (Å²) in [7, 11) is 1.70. The van der Waals surface area contributed by atoms with E-state index < -0.39 is 0 Å². The van der Waals surface area contributed by atoms with Gasteiger partial charge in [0.25, 0.3) is 11.5 Å². The number of benzene rings is 2. The van der Waals surface area contributed by atoms with Crippen LogP contribution in [0.25, 0.3) is 11.0 Å². The zero-order valence-electron chi connectivity index (χ0n) is 16.3. The van der Waals surface area contributed by atoms with Crippen molar-refractivity contribution in [2.24, 2.45) is 0 Å². The van der Waals surface area contributed by atoms with Crippen molar-refractivity contribution in [1.29, 1.82) is 0 Å². The van der Waals surface area contributed by atoms with Gasteiger partial charge < -0.3 is 9.32 Å². The third kappa shape index (κ3) is 3.82. The lowest BCUT2D eigenvalue weighted by Crippen LogP contribution is -2.33. The van der Waals surface area contributed by atoms with Crippen LogP contribution in [0.2, 0.25) is 0 Å². The molecule has 146 valence electrons. The normalized spacial score (nSPS) is 12.1. The van der Waals surface area contributed by atoms with Gasteiger partial charge in [-0.2, -0.15) is 5.10 Å². The Bertz CT molecular complexity index is 1180. The first-order valence-corrected chi connectivity index (χ1v) is 9.40. The number of amides is 1. The lowest BCUT2D eigenvalue weighted by molar-refractivity contribution is 0.0718. The lowest BCUT2D eigenvalue weighted by Gasteiger charge is -2.23. The Balaban J connectivity index is 1.58. The first kappa shape index (κ1) is 18.7. The molecule has 0 radical (unpaired) electrons. The molecule has 0 N–H and O–H groups in total. The van der Waals surface area contributed by atoms with E-state index in [4.69, 9.17) is 4.42 Å². The molecule has 2 aromatic heterocycles. The number of fused-ring (bicyclic) bond motifs is 1. The molecule has 1 unspecified atom stereocenters. The van der Waals surface area contributed by atoms with Crippen LogP contribution in [0, 0.1) is 0 Å². The van der Waals surface area contributed by atoms with Crippen LogP contribution in [0.3, 0.4) is 0 Å². The standard InChI is InChI=1S/C23H21N3O3/c1-16(21-14-18-10-6-7-11-20(18)29-21)25(2)23(28)19-12-13-22(27)26(24-19)15-17-8-4-3-5-9-17/h3-14,16H,15H2,1-2H3. The summed E-state index contributed by atoms with van der Waals surface area (Å²) >= 11 is 0. The van der Waals surface area contributed by atoms with E-state index in [1.165, 1.54) is 16.8 Å². The second-order valence-electron chi connectivity index (χ2n) is 6.98. The molecular formula is C23H21N3O3. The molecule has 6 nitrogen and oxygen atoms in total. The monoisotopic (exact) mass is 387 g/mol. The van der Waals surface area contributed by atoms with Crippen molar-refractivity contribution in [3.63, 3.8) is 0 Å². The molecule has 0 aliphatic rings. The highest BCUT2D eigenvalue weighted by molar-refractivity contribution is 5.92. The van der Waals surface area contributed by atoms with Gasteiger partial charge in [-0.3, -0.25) is 9.59 Å². The Labute approximate surface area is 168 Å². The van der Waals surface area contributed by atoms with Crippen molar-refractivity contribution < 1.29 is 9.21 Å². The molecule has 0 spiro atoms. The van der Waals surface area contributed by atoms with Gasteiger partial charge in [-0.15, -0.1) is 0 Å². The molecule has 0 saturated heterocycles. The third-order valence-corrected chi connectivity index (χ3v) is 5.02. The average Bonchev–Trinajstić information content (AvgIpc) is 3.19. The Hall–Kier alpha value is -3.67. The number of nitrogens with zero attached hydrogens (tertiary/aromatic N) is 3. The van der Waals surface area contributed by atoms with Crippen LogP contribution in [0.4, 0.5) is 0 Å². The third-order valence-electron chi connectivity index (χ3n) is 5.02. The van der Waals surface area contributed by atoms with Crippen molar-refractivity contribution in [1.82, 2.24) is 14.7 Å². The van der Waals surface area contributed by atoms with Gasteiger partial charge in [-0.1, -0.05) is 48.5 Å². The van der Waals surface area contributed by atoms with Gasteiger partial charge in [-0.25, -0.2) is 4.68 Å². The summed E-state index contributed by atoms with van der Waals surface area (Å²) < 4.78 is 7.20. The molecule has 1 amide bonds. The van der Waals surface area contributed by atoms with Gasteiger partial charge in [0.2, 0.25) is 0 Å². The molecule has 0 fully saturated rings. The molecule has 2 aromatic carbocycles. The Kier molecular flexibility index (Phi) is 4.99. The average molecular weight is 387 g/mol. The minimum atomic E-state index is -0.286. The molecule has 6 heteroatoms. The summed E-state index contributed by atoms with van der Waals surface area (Å²) in [5.41, 5.74) is 1.69. The maximum absolute atomic E-state index is 13.0. The van der Waals surface area contributed by atoms with Crippen molar-refractivity contribution >= 4 is 16.9 Å². The molecular weight excluding hydrogens is 366 g/mol. The first-order valence-electron chi connectivity index (χ1n) is 9.40. The fourth-order valence-corrected chi connectivity index (χ4v) is 3.19. The maximum Gasteiger partial charge on any atom is 0.274 e. The molecule has 1 atom stereocenters. The SMILES string of the molecule is CC(c1cc2ccccc2o1)N(C)C(=O)c1ccc(=O)n(Cc2ccccc2)n1. The van der Waals surface area contributed by atoms with Crippen molar-refractivity contribution in [2.75, 3.05) is 7.05 Å². The van der Waals surface area contributed by atoms with Crippen LogP contribution in [-0.4, -0.2) is 27.6 Å². The molecule has 0 aliphatic heterocycles. The zero-order valence-corrected chi connectivity index (χ0v) is 16.3. The summed E-state index contributed by atoms with van der Waals surface area (Å²) in [6.45, 7) is 2.21. The number of aromatic nitrogens is 2. The number of rotatable bonds is 5. The van der Waals surface area contributed by atoms with Gasteiger partial charge in [0, 0.05) is 18.5 Å². The first-order chi connectivity index (χ1) is 14.0. The van der Waals surface area contributed by atoms with Crippen molar-refractivity contribution in [2.45, 2.75) is 19.5 Å². The summed E-state index contributed by atoms with van der Waals surface area (Å²) in [6.07, 6.45) is 0. The zero-order chi connectivity index (χ0) is 20.4. The second kappa shape index (κ2) is 7.75. The Morgan fingerprint density at radius 2 is 1.79 bits per heavy atom. The van der Waals surface area contributed by atoms with Gasteiger partial charge in [-0.05, 0) is 30.7 Å². The van der Waals surface area contributed by atoms with Gasteiger partial charge >= 0.3 is 0 Å². The van der Waals surface area contributed by atoms with Crippen LogP contribution in [0.15, 0.2) is 82.0 Å². The van der Waals surface area contributed by atoms with Gasteiger partial charge in [0.15, 0.2) is 0 Å². The molecule has 4 aromatic rings. The topological polar surface area (TPSA) is 68.3 Å². The molecule has 4 rings (SSSR count). The molecule has 0 bridgehead atoms. The highest BCUT2D eigenvalue weighted by Gasteiger charge is 2.23. The number of para-hydroxylation sites is 1. The molecule has 0 saturated carbocycles. The van der Waals surface area contributed by atoms with Crippen molar-refractivity contribution in [3.05, 3.63) is 100 Å². The lowest BCUT2D eigenvalue weighted by atomic mass is 10.2. The molecule has 0 aliphatic carbocycles. The number of carbonyl (C=O) groups excluding carboxylic acids is 1. The second-order valence-corrected chi connectivity index (χ2v) is 6.98. The number of carbonyl (C=O) groups is 1. The largest absolute Gasteiger partial charge is 0.459 e. The van der Waals surface area contributed by atoms with Crippen LogP contribution in [0.5, 0.6) is 0 Å². The fraction of sp³-hybridized carbons (Fsp3) is 0.174. The van der Waals surface area contributed by atoms with Crippen molar-refractivity contribution in [3.8, 4) is 0 Å². The maximum atomic E-state index is 13.0. The van der Waals surface area contributed by atoms with E-state index >= 15 is 0 Å². The summed E-state index contributed by atoms with van der Waals surface area (Å²) in [6, 6.07) is 21.8. The number of hydrogen-bond donors (Lipinski definition) is 0. The Morgan fingerprint density at radius 3 is 2.55 bits per heavy atom. The number of hydrogen-bond acceptors (Lipinski definition) is 4. The van der Waals surface area contributed by atoms with E-state index in [2.05, 4.69) is 5.10 Å². The fourth-order valence-electron chi connectivity index (χ4n) is 3.19. The van der Waals surface area contributed by atoms with Crippen LogP contribution in [0.1, 0.15) is 34.8 Å². The van der Waals surface area contributed by atoms with E-state index in [1.807, 2.05) is 67.6 Å². The Morgan fingerprint density at radius 1 is 1.07 bits per heavy atom. The van der Waals surface area contributed by atoms with Crippen LogP contribution in [-0.2, 0) is 6.54 Å². The van der Waals surface area contributed by atoms with E-state index in [0.717, 1.165) is 16.5 Å². The summed E-state index contributed by atoms with van der Waals surface area (Å²) in [5, 5.41) is 5.28. The predicted octanol–water partition coefficient (Wildman–Crippen LogP) is 3.87. The quantitative estimate of drug-likeness (QED) is 0.521. The highest BCUT2D eigenvalue weighted by atomic mass is 16.3. The minimum absolute atomic E-state index is 0.214. The predicted molar refractivity (Wildman–Crippen MR) is 111 cm³/mol. The minimum Gasteiger partial charge on any atom is -0.459 e. The van der Waals surface area contributed by atoms with Gasteiger partial charge in [0.1, 0.15) is 17.0 Å². The molecule has 29 heavy (non-hydrogen) atoms. The van der Waals surface area contributed by atoms with E-state index in [-0.39, 0.29) is 23.2 Å². The number of furan rings is 1. The van der Waals surface area contributed by atoms with Crippen LogP contribution < -0.4 is 5.56 Å². The van der Waals surface area contributed by atoms with Gasteiger partial charge in [0.05, 0.1) is 12.6 Å². The molecule has 2 heterocycles. The van der Waals surface area contributed by atoms with E-state index in [0.29, 0.717) is 12.3 Å². The summed E-state index contributed by atoms with van der Waals surface area (Å²) in [5.74, 6) is 0.416. The van der Waals surface area contributed by atoms with E-state index in [1.54, 1.807) is 11.9 Å².